The Labute approximate surface area is 179 Å². The van der Waals surface area contributed by atoms with Crippen molar-refractivity contribution in [1.29, 1.82) is 0 Å². The average molecular weight is 409 g/mol. The molecular weight excluding hydrogens is 376 g/mol. The average Bonchev–Trinajstić information content (AvgIpc) is 3.04. The SMILES string of the molecule is CCOC(=O)[C@@H]1[C@@H]2C[C@H](CN(Cc3ccc(OC)cc3)C2)N1[C@H](C)c1ccccc1. The number of methoxy groups -OCH3 is 1. The first kappa shape index (κ1) is 20.9. The van der Waals surface area contributed by atoms with Gasteiger partial charge < -0.3 is 9.47 Å². The van der Waals surface area contributed by atoms with Gasteiger partial charge >= 0.3 is 5.97 Å². The van der Waals surface area contributed by atoms with Gasteiger partial charge in [-0.15, -0.1) is 0 Å². The third-order valence-corrected chi connectivity index (χ3v) is 6.55. The lowest BCUT2D eigenvalue weighted by Crippen LogP contribution is -2.45. The third-order valence-electron chi connectivity index (χ3n) is 6.55. The number of fused-ring (bicyclic) bond motifs is 2. The van der Waals surface area contributed by atoms with Crippen LogP contribution >= 0.6 is 0 Å². The number of hydrogen-bond donors (Lipinski definition) is 0. The standard InChI is InChI=1S/C25H32N2O3/c1-4-30-25(28)24-21-14-22(27(24)18(2)20-8-6-5-7-9-20)17-26(16-21)15-19-10-12-23(29-3)13-11-19/h5-13,18,21-22,24H,4,14-17H2,1-3H3/t18-,21-,22-,24+/m1/s1. The van der Waals surface area contributed by atoms with Crippen molar-refractivity contribution in [3.8, 4) is 5.75 Å². The fraction of sp³-hybridized carbons (Fsp3) is 0.480. The maximum atomic E-state index is 13.0. The minimum atomic E-state index is -0.175. The fourth-order valence-corrected chi connectivity index (χ4v) is 5.24. The molecule has 0 aromatic heterocycles. The van der Waals surface area contributed by atoms with Gasteiger partial charge in [0.15, 0.2) is 0 Å². The Morgan fingerprint density at radius 2 is 1.83 bits per heavy atom. The van der Waals surface area contributed by atoms with Gasteiger partial charge in [0.1, 0.15) is 11.8 Å². The van der Waals surface area contributed by atoms with Crippen LogP contribution in [0.1, 0.15) is 37.4 Å². The Hall–Kier alpha value is -2.37. The molecule has 2 fully saturated rings. The summed E-state index contributed by atoms with van der Waals surface area (Å²) in [6, 6.07) is 19.1. The summed E-state index contributed by atoms with van der Waals surface area (Å²) in [5.41, 5.74) is 2.52. The van der Waals surface area contributed by atoms with Gasteiger partial charge in [-0.2, -0.15) is 0 Å². The molecule has 0 radical (unpaired) electrons. The summed E-state index contributed by atoms with van der Waals surface area (Å²) in [6.45, 7) is 7.31. The van der Waals surface area contributed by atoms with Gasteiger partial charge in [0.25, 0.3) is 0 Å². The molecule has 160 valence electrons. The number of benzene rings is 2. The van der Waals surface area contributed by atoms with E-state index in [9.17, 15) is 4.79 Å². The molecule has 0 aliphatic carbocycles. The highest BCUT2D eigenvalue weighted by atomic mass is 16.5. The van der Waals surface area contributed by atoms with Crippen molar-refractivity contribution in [2.24, 2.45) is 5.92 Å². The first-order chi connectivity index (χ1) is 14.6. The first-order valence-electron chi connectivity index (χ1n) is 10.9. The van der Waals surface area contributed by atoms with E-state index in [0.29, 0.717) is 18.6 Å². The Morgan fingerprint density at radius 1 is 1.10 bits per heavy atom. The van der Waals surface area contributed by atoms with Gasteiger partial charge in [0.2, 0.25) is 0 Å². The first-order valence-corrected chi connectivity index (χ1v) is 10.9. The number of carbonyl (C=O) groups excluding carboxylic acids is 1. The zero-order valence-electron chi connectivity index (χ0n) is 18.2. The van der Waals surface area contributed by atoms with E-state index in [2.05, 4.69) is 53.1 Å². The molecule has 2 bridgehead atoms. The number of hydrogen-bond acceptors (Lipinski definition) is 5. The summed E-state index contributed by atoms with van der Waals surface area (Å²) in [4.78, 5) is 17.9. The Balaban J connectivity index is 1.55. The van der Waals surface area contributed by atoms with E-state index in [1.807, 2.05) is 25.1 Å². The molecule has 0 N–H and O–H groups in total. The summed E-state index contributed by atoms with van der Waals surface area (Å²) in [6.07, 6.45) is 1.06. The molecule has 30 heavy (non-hydrogen) atoms. The van der Waals surface area contributed by atoms with E-state index in [1.54, 1.807) is 7.11 Å². The van der Waals surface area contributed by atoms with Crippen molar-refractivity contribution in [3.63, 3.8) is 0 Å². The highest BCUT2D eigenvalue weighted by molar-refractivity contribution is 5.77. The topological polar surface area (TPSA) is 42.0 Å². The summed E-state index contributed by atoms with van der Waals surface area (Å²) >= 11 is 0. The summed E-state index contributed by atoms with van der Waals surface area (Å²) in [7, 11) is 1.69. The Morgan fingerprint density at radius 3 is 2.50 bits per heavy atom. The van der Waals surface area contributed by atoms with Crippen molar-refractivity contribution >= 4 is 5.97 Å². The molecule has 5 nitrogen and oxygen atoms in total. The highest BCUT2D eigenvalue weighted by Gasteiger charge is 2.51. The normalized spacial score (nSPS) is 25.1. The van der Waals surface area contributed by atoms with Gasteiger partial charge in [0.05, 0.1) is 13.7 Å². The van der Waals surface area contributed by atoms with Crippen molar-refractivity contribution in [2.45, 2.75) is 44.9 Å². The number of likely N-dealkylation sites (tertiary alicyclic amines) is 2. The molecule has 5 heteroatoms. The van der Waals surface area contributed by atoms with Crippen LogP contribution in [0.15, 0.2) is 54.6 Å². The van der Waals surface area contributed by atoms with Crippen LogP contribution in [-0.2, 0) is 16.1 Å². The second-order valence-corrected chi connectivity index (χ2v) is 8.42. The number of piperidine rings is 1. The Bertz CT molecular complexity index is 839. The molecule has 0 unspecified atom stereocenters. The molecule has 0 saturated carbocycles. The lowest BCUT2D eigenvalue weighted by atomic mass is 9.94. The minimum Gasteiger partial charge on any atom is -0.497 e. The lowest BCUT2D eigenvalue weighted by molar-refractivity contribution is -0.150. The number of nitrogens with zero attached hydrogens (tertiary/aromatic N) is 2. The summed E-state index contributed by atoms with van der Waals surface area (Å²) < 4.78 is 10.8. The van der Waals surface area contributed by atoms with Crippen LogP contribution in [0.2, 0.25) is 0 Å². The van der Waals surface area contributed by atoms with Crippen molar-refractivity contribution in [2.75, 3.05) is 26.8 Å². The largest absolute Gasteiger partial charge is 0.497 e. The second-order valence-electron chi connectivity index (χ2n) is 8.42. The zero-order chi connectivity index (χ0) is 21.1. The highest BCUT2D eigenvalue weighted by Crippen LogP contribution is 2.41. The molecular formula is C25H32N2O3. The lowest BCUT2D eigenvalue weighted by Gasteiger charge is -2.35. The van der Waals surface area contributed by atoms with Crippen molar-refractivity contribution < 1.29 is 14.3 Å². The number of esters is 1. The quantitative estimate of drug-likeness (QED) is 0.650. The third kappa shape index (κ3) is 4.23. The number of ether oxygens (including phenoxy) is 2. The Kier molecular flexibility index (Phi) is 6.40. The van der Waals surface area contributed by atoms with Crippen LogP contribution in [0.25, 0.3) is 0 Å². The van der Waals surface area contributed by atoms with Gasteiger partial charge in [0, 0.05) is 31.7 Å². The molecule has 2 aromatic rings. The number of rotatable bonds is 7. The zero-order valence-corrected chi connectivity index (χ0v) is 18.2. The monoisotopic (exact) mass is 408 g/mol. The van der Waals surface area contributed by atoms with E-state index in [-0.39, 0.29) is 18.1 Å². The van der Waals surface area contributed by atoms with Crippen molar-refractivity contribution in [3.05, 3.63) is 65.7 Å². The number of carbonyl (C=O) groups is 1. The van der Waals surface area contributed by atoms with Gasteiger partial charge in [-0.05, 0) is 49.4 Å². The van der Waals surface area contributed by atoms with Crippen LogP contribution in [0.5, 0.6) is 5.75 Å². The molecule has 0 amide bonds. The van der Waals surface area contributed by atoms with E-state index in [0.717, 1.165) is 31.8 Å². The van der Waals surface area contributed by atoms with E-state index in [4.69, 9.17) is 9.47 Å². The predicted octanol–water partition coefficient (Wildman–Crippen LogP) is 3.89. The van der Waals surface area contributed by atoms with Gasteiger partial charge in [-0.3, -0.25) is 14.6 Å². The molecule has 2 aliphatic heterocycles. The van der Waals surface area contributed by atoms with Gasteiger partial charge in [-0.1, -0.05) is 42.5 Å². The minimum absolute atomic E-state index is 0.0703. The van der Waals surface area contributed by atoms with Gasteiger partial charge in [-0.25, -0.2) is 0 Å². The van der Waals surface area contributed by atoms with Crippen LogP contribution in [0, 0.1) is 5.92 Å². The predicted molar refractivity (Wildman–Crippen MR) is 117 cm³/mol. The fourth-order valence-electron chi connectivity index (χ4n) is 5.24. The molecule has 4 atom stereocenters. The van der Waals surface area contributed by atoms with Crippen LogP contribution in [-0.4, -0.2) is 54.7 Å². The maximum absolute atomic E-state index is 13.0. The van der Waals surface area contributed by atoms with Crippen LogP contribution in [0.3, 0.4) is 0 Å². The molecule has 4 rings (SSSR count). The van der Waals surface area contributed by atoms with E-state index < -0.39 is 0 Å². The maximum Gasteiger partial charge on any atom is 0.323 e. The van der Waals surface area contributed by atoms with E-state index in [1.165, 1.54) is 11.1 Å². The van der Waals surface area contributed by atoms with E-state index >= 15 is 0 Å². The van der Waals surface area contributed by atoms with Crippen molar-refractivity contribution in [1.82, 2.24) is 9.80 Å². The molecule has 2 heterocycles. The van der Waals surface area contributed by atoms with Crippen LogP contribution in [0.4, 0.5) is 0 Å². The smallest absolute Gasteiger partial charge is 0.323 e. The summed E-state index contributed by atoms with van der Waals surface area (Å²) in [5.74, 6) is 1.11. The van der Waals surface area contributed by atoms with Crippen LogP contribution < -0.4 is 4.74 Å². The second kappa shape index (κ2) is 9.19. The molecule has 0 spiro atoms. The molecule has 2 aliphatic rings. The summed E-state index contributed by atoms with van der Waals surface area (Å²) in [5, 5.41) is 0. The molecule has 2 aromatic carbocycles. The molecule has 2 saturated heterocycles.